The lowest BCUT2D eigenvalue weighted by Crippen LogP contribution is -2.03. The molecule has 170 valence electrons. The number of hydrogen-bond acceptors (Lipinski definition) is 5. The highest BCUT2D eigenvalue weighted by molar-refractivity contribution is 6.02. The zero-order chi connectivity index (χ0) is 23.6. The zero-order valence-corrected chi connectivity index (χ0v) is 19.0. The van der Waals surface area contributed by atoms with Crippen molar-refractivity contribution in [3.05, 3.63) is 87.5 Å². The smallest absolute Gasteiger partial charge is 0.269 e. The second-order valence-corrected chi connectivity index (χ2v) is 8.64. The van der Waals surface area contributed by atoms with Crippen molar-refractivity contribution in [3.63, 3.8) is 0 Å². The Hall–Kier alpha value is -4.33. The normalized spacial score (nSPS) is 12.7. The molecule has 0 bridgehead atoms. The Labute approximate surface area is 195 Å². The molecule has 0 fully saturated rings. The maximum atomic E-state index is 11.0. The summed E-state index contributed by atoms with van der Waals surface area (Å²) >= 11 is 0. The molecule has 0 radical (unpaired) electrons. The lowest BCUT2D eigenvalue weighted by Gasteiger charge is -2.10. The fourth-order valence-corrected chi connectivity index (χ4v) is 4.96. The van der Waals surface area contributed by atoms with Crippen molar-refractivity contribution in [1.29, 1.82) is 0 Å². The number of nitro benzene ring substituents is 1. The number of benzene rings is 2. The van der Waals surface area contributed by atoms with Crippen LogP contribution in [0, 0.1) is 30.9 Å². The molecule has 0 saturated heterocycles. The molecule has 6 rings (SSSR count). The van der Waals surface area contributed by atoms with Crippen LogP contribution in [0.4, 0.5) is 5.69 Å². The molecule has 0 unspecified atom stereocenters. The van der Waals surface area contributed by atoms with Gasteiger partial charge in [-0.2, -0.15) is 5.10 Å². The monoisotopic (exact) mass is 454 g/mol. The van der Waals surface area contributed by atoms with Gasteiger partial charge < -0.3 is 14.0 Å². The van der Waals surface area contributed by atoms with Crippen molar-refractivity contribution in [1.82, 2.24) is 14.2 Å². The van der Waals surface area contributed by atoms with E-state index in [1.807, 2.05) is 29.8 Å². The zero-order valence-electron chi connectivity index (χ0n) is 19.0. The van der Waals surface area contributed by atoms with Crippen LogP contribution in [0.15, 0.2) is 54.7 Å². The Morgan fingerprint density at radius 1 is 0.941 bits per heavy atom. The first-order valence-electron chi connectivity index (χ1n) is 11.0. The Balaban J connectivity index is 1.48. The molecule has 0 spiro atoms. The standard InChI is InChI=1S/C26H22N4O4/c1-15-25-16(2)28(12-18-4-9-23-24(10-18)34-14-33-23)17(3)26(25)22-11-20(13-29(22)27-15)19-5-7-21(8-6-19)30(31)32/h4-11,13H,12,14H2,1-3H3. The van der Waals surface area contributed by atoms with Gasteiger partial charge in [-0.1, -0.05) is 6.07 Å². The highest BCUT2D eigenvalue weighted by atomic mass is 16.7. The number of aryl methyl sites for hydroxylation is 3. The lowest BCUT2D eigenvalue weighted by molar-refractivity contribution is -0.384. The molecule has 0 aliphatic carbocycles. The number of non-ortho nitro benzene ring substituents is 1. The summed E-state index contributed by atoms with van der Waals surface area (Å²) in [5.74, 6) is 1.56. The number of fused-ring (bicyclic) bond motifs is 4. The fraction of sp³-hybridized carbons (Fsp3) is 0.192. The Kier molecular flexibility index (Phi) is 4.38. The summed E-state index contributed by atoms with van der Waals surface area (Å²) in [5, 5.41) is 18.1. The SMILES string of the molecule is Cc1nn2cc(-c3ccc([N+](=O)[O-])cc3)cc2c2c(C)n(Cc3ccc4c(c3)OCO4)c(C)c12. The van der Waals surface area contributed by atoms with Gasteiger partial charge in [0.15, 0.2) is 11.5 Å². The summed E-state index contributed by atoms with van der Waals surface area (Å²) in [6.45, 7) is 7.28. The van der Waals surface area contributed by atoms with Crippen LogP contribution in [0.5, 0.6) is 11.5 Å². The maximum Gasteiger partial charge on any atom is 0.269 e. The molecule has 34 heavy (non-hydrogen) atoms. The van der Waals surface area contributed by atoms with Gasteiger partial charge in [0.1, 0.15) is 0 Å². The van der Waals surface area contributed by atoms with Gasteiger partial charge in [0.25, 0.3) is 5.69 Å². The van der Waals surface area contributed by atoms with E-state index in [-0.39, 0.29) is 17.4 Å². The van der Waals surface area contributed by atoms with Gasteiger partial charge in [-0.25, -0.2) is 4.52 Å². The highest BCUT2D eigenvalue weighted by Gasteiger charge is 2.20. The third-order valence-electron chi connectivity index (χ3n) is 6.65. The number of ether oxygens (including phenoxy) is 2. The van der Waals surface area contributed by atoms with Gasteiger partial charge in [-0.05, 0) is 62.2 Å². The predicted molar refractivity (Wildman–Crippen MR) is 129 cm³/mol. The van der Waals surface area contributed by atoms with E-state index in [0.29, 0.717) is 6.54 Å². The molecule has 4 heterocycles. The Morgan fingerprint density at radius 3 is 2.44 bits per heavy atom. The molecular weight excluding hydrogens is 432 g/mol. The van der Waals surface area contributed by atoms with Crippen LogP contribution in [0.25, 0.3) is 27.4 Å². The first-order chi connectivity index (χ1) is 16.4. The van der Waals surface area contributed by atoms with Gasteiger partial charge in [-0.15, -0.1) is 0 Å². The van der Waals surface area contributed by atoms with Crippen LogP contribution in [-0.2, 0) is 6.54 Å². The largest absolute Gasteiger partial charge is 0.454 e. The van der Waals surface area contributed by atoms with Gasteiger partial charge in [0, 0.05) is 52.6 Å². The summed E-state index contributed by atoms with van der Waals surface area (Å²) in [6.07, 6.45) is 1.98. The number of nitro groups is 1. The van der Waals surface area contributed by atoms with Crippen molar-refractivity contribution in [2.45, 2.75) is 27.3 Å². The first-order valence-corrected chi connectivity index (χ1v) is 11.0. The minimum absolute atomic E-state index is 0.0796. The van der Waals surface area contributed by atoms with E-state index in [1.54, 1.807) is 12.1 Å². The van der Waals surface area contributed by atoms with Crippen molar-refractivity contribution in [2.24, 2.45) is 0 Å². The topological polar surface area (TPSA) is 83.8 Å². The predicted octanol–water partition coefficient (Wildman–Crippen LogP) is 5.57. The van der Waals surface area contributed by atoms with Gasteiger partial charge in [0.05, 0.1) is 16.1 Å². The average molecular weight is 454 g/mol. The molecule has 8 nitrogen and oxygen atoms in total. The quantitative estimate of drug-likeness (QED) is 0.262. The molecule has 1 aliphatic heterocycles. The third-order valence-corrected chi connectivity index (χ3v) is 6.65. The number of nitrogens with zero attached hydrogens (tertiary/aromatic N) is 4. The third kappa shape index (κ3) is 3.02. The number of aromatic nitrogens is 3. The van der Waals surface area contributed by atoms with Gasteiger partial charge >= 0.3 is 0 Å². The lowest BCUT2D eigenvalue weighted by atomic mass is 10.1. The molecule has 3 aromatic heterocycles. The van der Waals surface area contributed by atoms with Crippen LogP contribution in [0.3, 0.4) is 0 Å². The molecule has 0 N–H and O–H groups in total. The summed E-state index contributed by atoms with van der Waals surface area (Å²) in [4.78, 5) is 10.6. The van der Waals surface area contributed by atoms with Crippen molar-refractivity contribution in [2.75, 3.05) is 6.79 Å². The number of hydrogen-bond donors (Lipinski definition) is 0. The van der Waals surface area contributed by atoms with E-state index < -0.39 is 0 Å². The molecule has 1 aliphatic rings. The van der Waals surface area contributed by atoms with Crippen LogP contribution >= 0.6 is 0 Å². The summed E-state index contributed by atoms with van der Waals surface area (Å²) in [7, 11) is 0. The fourth-order valence-electron chi connectivity index (χ4n) is 4.96. The molecule has 5 aromatic rings. The van der Waals surface area contributed by atoms with Crippen LogP contribution in [-0.4, -0.2) is 25.9 Å². The van der Waals surface area contributed by atoms with Crippen LogP contribution in [0.1, 0.15) is 22.6 Å². The van der Waals surface area contributed by atoms with E-state index in [9.17, 15) is 10.1 Å². The van der Waals surface area contributed by atoms with Crippen molar-refractivity contribution in [3.8, 4) is 22.6 Å². The Morgan fingerprint density at radius 2 is 1.68 bits per heavy atom. The van der Waals surface area contributed by atoms with Gasteiger partial charge in [-0.3, -0.25) is 10.1 Å². The van der Waals surface area contributed by atoms with E-state index in [2.05, 4.69) is 30.5 Å². The summed E-state index contributed by atoms with van der Waals surface area (Å²) in [6, 6.07) is 14.8. The van der Waals surface area contributed by atoms with E-state index in [0.717, 1.165) is 56.2 Å². The van der Waals surface area contributed by atoms with Crippen LogP contribution in [0.2, 0.25) is 0 Å². The second-order valence-electron chi connectivity index (χ2n) is 8.64. The average Bonchev–Trinajstić information content (AvgIpc) is 3.52. The minimum Gasteiger partial charge on any atom is -0.454 e. The van der Waals surface area contributed by atoms with Crippen LogP contribution < -0.4 is 9.47 Å². The van der Waals surface area contributed by atoms with E-state index in [1.165, 1.54) is 17.5 Å². The Bertz CT molecular complexity index is 1610. The van der Waals surface area contributed by atoms with E-state index in [4.69, 9.17) is 14.6 Å². The molecule has 0 atom stereocenters. The first kappa shape index (κ1) is 20.3. The number of rotatable bonds is 4. The molecular formula is C26H22N4O4. The maximum absolute atomic E-state index is 11.0. The van der Waals surface area contributed by atoms with Gasteiger partial charge in [0.2, 0.25) is 6.79 Å². The van der Waals surface area contributed by atoms with Crippen molar-refractivity contribution < 1.29 is 14.4 Å². The minimum atomic E-state index is -0.385. The van der Waals surface area contributed by atoms with Crippen molar-refractivity contribution >= 4 is 22.0 Å². The van der Waals surface area contributed by atoms with E-state index >= 15 is 0 Å². The molecule has 2 aromatic carbocycles. The molecule has 0 saturated carbocycles. The second kappa shape index (κ2) is 7.34. The highest BCUT2D eigenvalue weighted by Crippen LogP contribution is 2.36. The molecule has 0 amide bonds. The summed E-state index contributed by atoms with van der Waals surface area (Å²) < 4.78 is 15.2. The summed E-state index contributed by atoms with van der Waals surface area (Å²) in [5.41, 5.74) is 7.39. The molecule has 8 heteroatoms.